The molecule has 1 fully saturated rings. The fourth-order valence-electron chi connectivity index (χ4n) is 3.03. The molecule has 2 aromatic rings. The lowest BCUT2D eigenvalue weighted by Gasteiger charge is -2.32. The van der Waals surface area contributed by atoms with E-state index < -0.39 is 0 Å². The van der Waals surface area contributed by atoms with Crippen LogP contribution in [0.15, 0.2) is 53.0 Å². The fraction of sp³-hybridized carbons (Fsp3) is 0.300. The van der Waals surface area contributed by atoms with Crippen molar-refractivity contribution in [1.29, 1.82) is 0 Å². The van der Waals surface area contributed by atoms with Gasteiger partial charge in [0.2, 0.25) is 5.91 Å². The van der Waals surface area contributed by atoms with Gasteiger partial charge >= 0.3 is 0 Å². The fourth-order valence-corrected chi connectivity index (χ4v) is 3.30. The zero-order chi connectivity index (χ0) is 18.5. The summed E-state index contributed by atoms with van der Waals surface area (Å²) in [5.74, 6) is -0.355. The number of hydrogen-bond donors (Lipinski definition) is 1. The maximum Gasteiger partial charge on any atom is 0.251 e. The number of piperidine rings is 1. The van der Waals surface area contributed by atoms with Crippen LogP contribution in [-0.4, -0.2) is 35.8 Å². The van der Waals surface area contributed by atoms with Gasteiger partial charge in [0.1, 0.15) is 5.82 Å². The lowest BCUT2D eigenvalue weighted by atomic mass is 10.0. The summed E-state index contributed by atoms with van der Waals surface area (Å²) in [6.45, 7) is 1.23. The zero-order valence-electron chi connectivity index (χ0n) is 14.3. The molecule has 0 bridgehead atoms. The number of hydrogen-bond acceptors (Lipinski definition) is 2. The third-order valence-corrected chi connectivity index (χ3v) is 5.09. The minimum Gasteiger partial charge on any atom is -0.349 e. The van der Waals surface area contributed by atoms with E-state index in [0.717, 1.165) is 22.9 Å². The summed E-state index contributed by atoms with van der Waals surface area (Å²) in [5.41, 5.74) is 1.44. The molecule has 3 rings (SSSR count). The number of likely N-dealkylation sites (tertiary alicyclic amines) is 1. The van der Waals surface area contributed by atoms with E-state index in [1.165, 1.54) is 12.1 Å². The Morgan fingerprint density at radius 2 is 1.65 bits per heavy atom. The Morgan fingerprint density at radius 1 is 1.04 bits per heavy atom. The van der Waals surface area contributed by atoms with E-state index >= 15 is 0 Å². The normalized spacial score (nSPS) is 14.9. The first-order chi connectivity index (χ1) is 12.5. The predicted molar refractivity (Wildman–Crippen MR) is 101 cm³/mol. The van der Waals surface area contributed by atoms with E-state index in [1.54, 1.807) is 24.3 Å². The molecular weight excluding hydrogens is 399 g/mol. The van der Waals surface area contributed by atoms with Crippen LogP contribution in [0.1, 0.15) is 28.8 Å². The largest absolute Gasteiger partial charge is 0.349 e. The Bertz CT molecular complexity index is 769. The summed E-state index contributed by atoms with van der Waals surface area (Å²) >= 11 is 3.35. The second kappa shape index (κ2) is 8.45. The summed E-state index contributed by atoms with van der Waals surface area (Å²) < 4.78 is 13.9. The quantitative estimate of drug-likeness (QED) is 0.824. The van der Waals surface area contributed by atoms with E-state index in [9.17, 15) is 14.0 Å². The van der Waals surface area contributed by atoms with Gasteiger partial charge in [-0.3, -0.25) is 9.59 Å². The molecule has 26 heavy (non-hydrogen) atoms. The maximum atomic E-state index is 12.9. The summed E-state index contributed by atoms with van der Waals surface area (Å²) in [5, 5.41) is 3.04. The van der Waals surface area contributed by atoms with Crippen LogP contribution in [-0.2, 0) is 11.2 Å². The Labute approximate surface area is 160 Å². The summed E-state index contributed by atoms with van der Waals surface area (Å²) in [4.78, 5) is 26.5. The SMILES string of the molecule is O=C(NC1CCN(C(=O)Cc2ccc(F)cc2)CC1)c1ccc(Br)cc1. The van der Waals surface area contributed by atoms with Crippen molar-refractivity contribution in [1.82, 2.24) is 10.2 Å². The van der Waals surface area contributed by atoms with Gasteiger partial charge < -0.3 is 10.2 Å². The number of rotatable bonds is 4. The van der Waals surface area contributed by atoms with Crippen molar-refractivity contribution >= 4 is 27.7 Å². The van der Waals surface area contributed by atoms with Gasteiger partial charge in [0.25, 0.3) is 5.91 Å². The van der Waals surface area contributed by atoms with Crippen LogP contribution in [0.3, 0.4) is 0 Å². The van der Waals surface area contributed by atoms with Crippen LogP contribution in [0.2, 0.25) is 0 Å². The number of amides is 2. The molecule has 2 amide bonds. The molecular formula is C20H20BrFN2O2. The van der Waals surface area contributed by atoms with Gasteiger partial charge in [0.15, 0.2) is 0 Å². The molecule has 0 aliphatic carbocycles. The maximum absolute atomic E-state index is 12.9. The van der Waals surface area contributed by atoms with Gasteiger partial charge in [-0.1, -0.05) is 28.1 Å². The molecule has 1 N–H and O–H groups in total. The van der Waals surface area contributed by atoms with E-state index in [-0.39, 0.29) is 30.1 Å². The number of nitrogens with zero attached hydrogens (tertiary/aromatic N) is 1. The van der Waals surface area contributed by atoms with Crippen molar-refractivity contribution in [2.45, 2.75) is 25.3 Å². The van der Waals surface area contributed by atoms with E-state index in [0.29, 0.717) is 18.7 Å². The molecule has 1 aliphatic heterocycles. The molecule has 0 aromatic heterocycles. The number of nitrogens with one attached hydrogen (secondary N) is 1. The van der Waals surface area contributed by atoms with Crippen LogP contribution >= 0.6 is 15.9 Å². The van der Waals surface area contributed by atoms with Crippen molar-refractivity contribution < 1.29 is 14.0 Å². The van der Waals surface area contributed by atoms with Gasteiger partial charge in [-0.15, -0.1) is 0 Å². The van der Waals surface area contributed by atoms with Crippen LogP contribution in [0.25, 0.3) is 0 Å². The van der Waals surface area contributed by atoms with Crippen LogP contribution < -0.4 is 5.32 Å². The summed E-state index contributed by atoms with van der Waals surface area (Å²) in [6, 6.07) is 13.3. The van der Waals surface area contributed by atoms with Crippen molar-refractivity contribution in [2.75, 3.05) is 13.1 Å². The number of carbonyl (C=O) groups is 2. The molecule has 136 valence electrons. The monoisotopic (exact) mass is 418 g/mol. The number of halogens is 2. The Hall–Kier alpha value is -2.21. The smallest absolute Gasteiger partial charge is 0.251 e. The van der Waals surface area contributed by atoms with Crippen LogP contribution in [0.5, 0.6) is 0 Å². The number of benzene rings is 2. The van der Waals surface area contributed by atoms with Gasteiger partial charge in [0, 0.05) is 29.2 Å². The first-order valence-electron chi connectivity index (χ1n) is 8.60. The average molecular weight is 419 g/mol. The standard InChI is InChI=1S/C20H20BrFN2O2/c21-16-5-3-15(4-6-16)20(26)23-18-9-11-24(12-10-18)19(25)13-14-1-7-17(22)8-2-14/h1-8,18H,9-13H2,(H,23,26). The van der Waals surface area contributed by atoms with Crippen molar-refractivity contribution in [2.24, 2.45) is 0 Å². The highest BCUT2D eigenvalue weighted by molar-refractivity contribution is 9.10. The molecule has 1 heterocycles. The average Bonchev–Trinajstić information content (AvgIpc) is 2.64. The van der Waals surface area contributed by atoms with Gasteiger partial charge in [-0.05, 0) is 54.8 Å². The van der Waals surface area contributed by atoms with Crippen molar-refractivity contribution in [3.8, 4) is 0 Å². The number of carbonyl (C=O) groups excluding carboxylic acids is 2. The highest BCUT2D eigenvalue weighted by Crippen LogP contribution is 2.15. The molecule has 1 saturated heterocycles. The molecule has 0 atom stereocenters. The topological polar surface area (TPSA) is 49.4 Å². The first-order valence-corrected chi connectivity index (χ1v) is 9.39. The van der Waals surface area contributed by atoms with Crippen molar-refractivity contribution in [3.63, 3.8) is 0 Å². The van der Waals surface area contributed by atoms with Gasteiger partial charge in [-0.25, -0.2) is 4.39 Å². The Balaban J connectivity index is 1.47. The second-order valence-electron chi connectivity index (χ2n) is 6.44. The third-order valence-electron chi connectivity index (χ3n) is 4.56. The van der Waals surface area contributed by atoms with Crippen LogP contribution in [0.4, 0.5) is 4.39 Å². The van der Waals surface area contributed by atoms with E-state index in [4.69, 9.17) is 0 Å². The third kappa shape index (κ3) is 4.91. The minimum atomic E-state index is -0.302. The molecule has 0 unspecified atom stereocenters. The zero-order valence-corrected chi connectivity index (χ0v) is 15.8. The van der Waals surface area contributed by atoms with Gasteiger partial charge in [-0.2, -0.15) is 0 Å². The molecule has 0 spiro atoms. The highest BCUT2D eigenvalue weighted by Gasteiger charge is 2.24. The Kier molecular flexibility index (Phi) is 6.04. The lowest BCUT2D eigenvalue weighted by Crippen LogP contribution is -2.46. The molecule has 0 radical (unpaired) electrons. The predicted octanol–water partition coefficient (Wildman–Crippen LogP) is 3.55. The minimum absolute atomic E-state index is 0.0364. The molecule has 4 nitrogen and oxygen atoms in total. The summed E-state index contributed by atoms with van der Waals surface area (Å²) in [7, 11) is 0. The second-order valence-corrected chi connectivity index (χ2v) is 7.35. The van der Waals surface area contributed by atoms with E-state index in [1.807, 2.05) is 17.0 Å². The molecule has 2 aromatic carbocycles. The highest BCUT2D eigenvalue weighted by atomic mass is 79.9. The van der Waals surface area contributed by atoms with Crippen molar-refractivity contribution in [3.05, 3.63) is 69.9 Å². The first kappa shape index (κ1) is 18.6. The molecule has 6 heteroatoms. The summed E-state index contributed by atoms with van der Waals surface area (Å²) in [6.07, 6.45) is 1.74. The van der Waals surface area contributed by atoms with Crippen LogP contribution in [0, 0.1) is 5.82 Å². The van der Waals surface area contributed by atoms with Gasteiger partial charge in [0.05, 0.1) is 6.42 Å². The molecule has 0 saturated carbocycles. The lowest BCUT2D eigenvalue weighted by molar-refractivity contribution is -0.131. The van der Waals surface area contributed by atoms with E-state index in [2.05, 4.69) is 21.2 Å². The molecule has 1 aliphatic rings. The Morgan fingerprint density at radius 3 is 2.27 bits per heavy atom.